The molecule has 114 valence electrons. The van der Waals surface area contributed by atoms with Gasteiger partial charge in [0.2, 0.25) is 5.91 Å². The standard InChI is InChI=1S/C13H23N3O4/c1-4-6-13(3,11(18)19)15-12(20)16-8-7-14-10(17)9(16)5-2/h9H,4-8H2,1-3H3,(H,14,17)(H,15,20)(H,18,19). The van der Waals surface area contributed by atoms with Gasteiger partial charge in [0, 0.05) is 13.1 Å². The van der Waals surface area contributed by atoms with Gasteiger partial charge in [-0.1, -0.05) is 20.3 Å². The van der Waals surface area contributed by atoms with Crippen molar-refractivity contribution in [2.45, 2.75) is 51.6 Å². The number of nitrogens with one attached hydrogen (secondary N) is 2. The summed E-state index contributed by atoms with van der Waals surface area (Å²) in [6.07, 6.45) is 1.47. The van der Waals surface area contributed by atoms with Crippen LogP contribution in [0.3, 0.4) is 0 Å². The van der Waals surface area contributed by atoms with E-state index in [2.05, 4.69) is 10.6 Å². The smallest absolute Gasteiger partial charge is 0.329 e. The third-order valence-corrected chi connectivity index (χ3v) is 3.58. The average Bonchev–Trinajstić information content (AvgIpc) is 2.38. The van der Waals surface area contributed by atoms with Crippen LogP contribution in [0.1, 0.15) is 40.0 Å². The summed E-state index contributed by atoms with van der Waals surface area (Å²) >= 11 is 0. The number of rotatable bonds is 5. The number of urea groups is 1. The molecule has 7 heteroatoms. The molecular weight excluding hydrogens is 262 g/mol. The van der Waals surface area contributed by atoms with Crippen molar-refractivity contribution in [3.05, 3.63) is 0 Å². The van der Waals surface area contributed by atoms with Crippen LogP contribution in [0.2, 0.25) is 0 Å². The first-order valence-corrected chi connectivity index (χ1v) is 6.95. The normalized spacial score (nSPS) is 21.9. The lowest BCUT2D eigenvalue weighted by Crippen LogP contribution is -2.63. The average molecular weight is 285 g/mol. The maximum atomic E-state index is 12.3. The Balaban J connectivity index is 2.82. The summed E-state index contributed by atoms with van der Waals surface area (Å²) in [4.78, 5) is 36.7. The second kappa shape index (κ2) is 6.58. The molecule has 0 saturated carbocycles. The van der Waals surface area contributed by atoms with E-state index in [-0.39, 0.29) is 5.91 Å². The zero-order valence-electron chi connectivity index (χ0n) is 12.2. The molecule has 7 nitrogen and oxygen atoms in total. The van der Waals surface area contributed by atoms with Crippen LogP contribution in [-0.2, 0) is 9.59 Å². The van der Waals surface area contributed by atoms with Crippen LogP contribution in [0.4, 0.5) is 4.79 Å². The van der Waals surface area contributed by atoms with E-state index in [1.54, 1.807) is 0 Å². The molecule has 0 aromatic carbocycles. The highest BCUT2D eigenvalue weighted by Gasteiger charge is 2.38. The van der Waals surface area contributed by atoms with E-state index in [9.17, 15) is 19.5 Å². The minimum atomic E-state index is -1.31. The molecule has 0 bridgehead atoms. The van der Waals surface area contributed by atoms with Crippen LogP contribution < -0.4 is 10.6 Å². The molecule has 1 rings (SSSR count). The maximum absolute atomic E-state index is 12.3. The first-order valence-electron chi connectivity index (χ1n) is 6.95. The zero-order chi connectivity index (χ0) is 15.3. The Morgan fingerprint density at radius 3 is 2.65 bits per heavy atom. The van der Waals surface area contributed by atoms with Crippen LogP contribution in [0.25, 0.3) is 0 Å². The summed E-state index contributed by atoms with van der Waals surface area (Å²) in [5.74, 6) is -1.26. The second-order valence-corrected chi connectivity index (χ2v) is 5.23. The Morgan fingerprint density at radius 2 is 2.15 bits per heavy atom. The SMILES string of the molecule is CCCC(C)(NC(=O)N1CCNC(=O)C1CC)C(=O)O. The third kappa shape index (κ3) is 3.40. The van der Waals surface area contributed by atoms with Crippen LogP contribution >= 0.6 is 0 Å². The topological polar surface area (TPSA) is 98.7 Å². The molecule has 20 heavy (non-hydrogen) atoms. The molecule has 1 aliphatic rings. The minimum Gasteiger partial charge on any atom is -0.480 e. The number of piperazine rings is 1. The predicted molar refractivity (Wildman–Crippen MR) is 73.3 cm³/mol. The van der Waals surface area contributed by atoms with Crippen molar-refractivity contribution in [1.82, 2.24) is 15.5 Å². The highest BCUT2D eigenvalue weighted by molar-refractivity contribution is 5.90. The summed E-state index contributed by atoms with van der Waals surface area (Å²) in [7, 11) is 0. The van der Waals surface area contributed by atoms with Crippen LogP contribution in [0.15, 0.2) is 0 Å². The van der Waals surface area contributed by atoms with Gasteiger partial charge in [-0.25, -0.2) is 9.59 Å². The van der Waals surface area contributed by atoms with Crippen LogP contribution in [0, 0.1) is 0 Å². The fourth-order valence-corrected chi connectivity index (χ4v) is 2.39. The molecular formula is C13H23N3O4. The van der Waals surface area contributed by atoms with Gasteiger partial charge in [0.05, 0.1) is 0 Å². The maximum Gasteiger partial charge on any atom is 0.329 e. The molecule has 0 aliphatic carbocycles. The number of amides is 3. The third-order valence-electron chi connectivity index (χ3n) is 3.58. The fraction of sp³-hybridized carbons (Fsp3) is 0.769. The molecule has 2 atom stereocenters. The lowest BCUT2D eigenvalue weighted by molar-refractivity contribution is -0.144. The van der Waals surface area contributed by atoms with Gasteiger partial charge >= 0.3 is 12.0 Å². The van der Waals surface area contributed by atoms with Crippen molar-refractivity contribution in [1.29, 1.82) is 0 Å². The zero-order valence-corrected chi connectivity index (χ0v) is 12.2. The minimum absolute atomic E-state index is 0.193. The number of carboxylic acid groups (broad SMARTS) is 1. The predicted octanol–water partition coefficient (Wildman–Crippen LogP) is 0.550. The Kier molecular flexibility index (Phi) is 5.35. The number of aliphatic carboxylic acids is 1. The monoisotopic (exact) mass is 285 g/mol. The highest BCUT2D eigenvalue weighted by atomic mass is 16.4. The number of carbonyl (C=O) groups is 3. The van der Waals surface area contributed by atoms with E-state index in [4.69, 9.17) is 0 Å². The largest absolute Gasteiger partial charge is 0.480 e. The molecule has 1 fully saturated rings. The van der Waals surface area contributed by atoms with Crippen molar-refractivity contribution in [2.24, 2.45) is 0 Å². The van der Waals surface area contributed by atoms with E-state index >= 15 is 0 Å². The number of hydrogen-bond donors (Lipinski definition) is 3. The van der Waals surface area contributed by atoms with Gasteiger partial charge in [-0.05, 0) is 19.8 Å². The summed E-state index contributed by atoms with van der Waals surface area (Å²) < 4.78 is 0. The molecule has 1 heterocycles. The fourth-order valence-electron chi connectivity index (χ4n) is 2.39. The molecule has 3 N–H and O–H groups in total. The molecule has 0 aromatic heterocycles. The summed E-state index contributed by atoms with van der Waals surface area (Å²) in [6.45, 7) is 5.94. The molecule has 1 saturated heterocycles. The van der Waals surface area contributed by atoms with Gasteiger partial charge in [0.25, 0.3) is 0 Å². The van der Waals surface area contributed by atoms with Crippen molar-refractivity contribution in [3.8, 4) is 0 Å². The molecule has 0 spiro atoms. The first-order chi connectivity index (χ1) is 9.35. The van der Waals surface area contributed by atoms with Gasteiger partial charge in [-0.2, -0.15) is 0 Å². The van der Waals surface area contributed by atoms with E-state index in [0.717, 1.165) is 0 Å². The molecule has 1 aliphatic heterocycles. The number of carbonyl (C=O) groups excluding carboxylic acids is 2. The second-order valence-electron chi connectivity index (χ2n) is 5.23. The lowest BCUT2D eigenvalue weighted by atomic mass is 9.96. The first kappa shape index (κ1) is 16.3. The van der Waals surface area contributed by atoms with Crippen molar-refractivity contribution in [3.63, 3.8) is 0 Å². The lowest BCUT2D eigenvalue weighted by Gasteiger charge is -2.37. The van der Waals surface area contributed by atoms with Gasteiger partial charge < -0.3 is 20.6 Å². The van der Waals surface area contributed by atoms with Crippen molar-refractivity contribution < 1.29 is 19.5 Å². The van der Waals surface area contributed by atoms with E-state index in [0.29, 0.717) is 32.4 Å². The van der Waals surface area contributed by atoms with Crippen molar-refractivity contribution in [2.75, 3.05) is 13.1 Å². The Morgan fingerprint density at radius 1 is 1.50 bits per heavy atom. The molecule has 2 unspecified atom stereocenters. The number of hydrogen-bond acceptors (Lipinski definition) is 3. The van der Waals surface area contributed by atoms with Gasteiger partial charge in [0.1, 0.15) is 11.6 Å². The highest BCUT2D eigenvalue weighted by Crippen LogP contribution is 2.15. The van der Waals surface area contributed by atoms with E-state index in [1.165, 1.54) is 11.8 Å². The molecule has 0 radical (unpaired) electrons. The van der Waals surface area contributed by atoms with Gasteiger partial charge in [-0.15, -0.1) is 0 Å². The quantitative estimate of drug-likeness (QED) is 0.687. The van der Waals surface area contributed by atoms with Crippen LogP contribution in [-0.4, -0.2) is 52.6 Å². The van der Waals surface area contributed by atoms with E-state index < -0.39 is 23.6 Å². The number of nitrogens with zero attached hydrogens (tertiary/aromatic N) is 1. The van der Waals surface area contributed by atoms with Crippen LogP contribution in [0.5, 0.6) is 0 Å². The Hall–Kier alpha value is -1.79. The Labute approximate surface area is 118 Å². The van der Waals surface area contributed by atoms with E-state index in [1.807, 2.05) is 13.8 Å². The number of carboxylic acids is 1. The van der Waals surface area contributed by atoms with Gasteiger partial charge in [-0.3, -0.25) is 4.79 Å². The van der Waals surface area contributed by atoms with Crippen molar-refractivity contribution >= 4 is 17.9 Å². The summed E-state index contributed by atoms with van der Waals surface area (Å²) in [5, 5.41) is 14.5. The Bertz CT molecular complexity index is 399. The summed E-state index contributed by atoms with van der Waals surface area (Å²) in [5.41, 5.74) is -1.31. The molecule has 3 amide bonds. The molecule has 0 aromatic rings. The summed E-state index contributed by atoms with van der Waals surface area (Å²) in [6, 6.07) is -1.03. The van der Waals surface area contributed by atoms with Gasteiger partial charge in [0.15, 0.2) is 0 Å².